The SMILES string of the molecule is COc1ccc(NC(=O)C[C@H]2Nc3ccccc3NC2=O)cc1Cl. The fourth-order valence-corrected chi connectivity index (χ4v) is 2.73. The molecule has 2 aromatic rings. The highest BCUT2D eigenvalue weighted by Crippen LogP contribution is 2.28. The van der Waals surface area contributed by atoms with Crippen LogP contribution in [0.1, 0.15) is 6.42 Å². The minimum absolute atomic E-state index is 0.00379. The van der Waals surface area contributed by atoms with Gasteiger partial charge in [0.2, 0.25) is 11.8 Å². The molecular weight excluding hydrogens is 330 g/mol. The third kappa shape index (κ3) is 3.44. The normalized spacial score (nSPS) is 15.8. The standard InChI is InChI=1S/C17H16ClN3O3/c1-24-15-7-6-10(8-11(15)18)19-16(22)9-14-17(23)21-13-5-3-2-4-12(13)20-14/h2-8,14,20H,9H2,1H3,(H,19,22)(H,21,23)/t14-/m1/s1. The largest absolute Gasteiger partial charge is 0.495 e. The second kappa shape index (κ2) is 6.80. The third-order valence-corrected chi connectivity index (χ3v) is 3.95. The van der Waals surface area contributed by atoms with E-state index in [4.69, 9.17) is 16.3 Å². The number of anilines is 3. The molecule has 0 spiro atoms. The molecule has 0 saturated carbocycles. The van der Waals surface area contributed by atoms with E-state index in [1.54, 1.807) is 24.3 Å². The van der Waals surface area contributed by atoms with E-state index in [0.29, 0.717) is 22.1 Å². The fourth-order valence-electron chi connectivity index (χ4n) is 2.48. The number of nitrogens with one attached hydrogen (secondary N) is 3. The quantitative estimate of drug-likeness (QED) is 0.795. The van der Waals surface area contributed by atoms with E-state index in [1.165, 1.54) is 7.11 Å². The summed E-state index contributed by atoms with van der Waals surface area (Å²) < 4.78 is 5.07. The van der Waals surface area contributed by atoms with Gasteiger partial charge < -0.3 is 20.7 Å². The maximum Gasteiger partial charge on any atom is 0.247 e. The molecule has 7 heteroatoms. The Morgan fingerprint density at radius 1 is 1.25 bits per heavy atom. The molecule has 0 unspecified atom stereocenters. The van der Waals surface area contributed by atoms with Crippen molar-refractivity contribution in [3.8, 4) is 5.75 Å². The maximum atomic E-state index is 12.2. The summed E-state index contributed by atoms with van der Waals surface area (Å²) in [5.74, 6) is -0.000486. The number of fused-ring (bicyclic) bond motifs is 1. The summed E-state index contributed by atoms with van der Waals surface area (Å²) in [5.41, 5.74) is 2.05. The lowest BCUT2D eigenvalue weighted by molar-refractivity contribution is -0.122. The summed E-state index contributed by atoms with van der Waals surface area (Å²) in [4.78, 5) is 24.3. The van der Waals surface area contributed by atoms with Crippen molar-refractivity contribution in [3.05, 3.63) is 47.5 Å². The van der Waals surface area contributed by atoms with E-state index < -0.39 is 6.04 Å². The molecule has 124 valence electrons. The topological polar surface area (TPSA) is 79.5 Å². The lowest BCUT2D eigenvalue weighted by Crippen LogP contribution is -2.41. The minimum atomic E-state index is -0.631. The summed E-state index contributed by atoms with van der Waals surface area (Å²) in [5, 5.41) is 8.99. The molecule has 1 atom stereocenters. The number of halogens is 1. The van der Waals surface area contributed by atoms with Gasteiger partial charge >= 0.3 is 0 Å². The average molecular weight is 346 g/mol. The molecule has 0 bridgehead atoms. The number of hydrogen-bond donors (Lipinski definition) is 3. The van der Waals surface area contributed by atoms with E-state index in [9.17, 15) is 9.59 Å². The maximum absolute atomic E-state index is 12.2. The van der Waals surface area contributed by atoms with Crippen LogP contribution < -0.4 is 20.7 Å². The Labute approximate surface area is 144 Å². The van der Waals surface area contributed by atoms with E-state index in [0.717, 1.165) is 5.69 Å². The van der Waals surface area contributed by atoms with Crippen LogP contribution in [0.3, 0.4) is 0 Å². The minimum Gasteiger partial charge on any atom is -0.495 e. The Kier molecular flexibility index (Phi) is 4.57. The van der Waals surface area contributed by atoms with Crippen molar-refractivity contribution in [2.45, 2.75) is 12.5 Å². The van der Waals surface area contributed by atoms with Crippen LogP contribution in [0.2, 0.25) is 5.02 Å². The third-order valence-electron chi connectivity index (χ3n) is 3.66. The molecular formula is C17H16ClN3O3. The molecule has 1 heterocycles. The molecule has 3 N–H and O–H groups in total. The van der Waals surface area contributed by atoms with Gasteiger partial charge in [-0.05, 0) is 30.3 Å². The molecule has 0 fully saturated rings. The highest BCUT2D eigenvalue weighted by molar-refractivity contribution is 6.32. The van der Waals surface area contributed by atoms with Crippen molar-refractivity contribution in [2.24, 2.45) is 0 Å². The zero-order chi connectivity index (χ0) is 17.1. The number of ether oxygens (including phenoxy) is 1. The molecule has 0 aromatic heterocycles. The Morgan fingerprint density at radius 2 is 2.00 bits per heavy atom. The van der Waals surface area contributed by atoms with Gasteiger partial charge in [0.15, 0.2) is 0 Å². The van der Waals surface area contributed by atoms with Crippen LogP contribution in [0.4, 0.5) is 17.1 Å². The van der Waals surface area contributed by atoms with E-state index in [-0.39, 0.29) is 18.2 Å². The van der Waals surface area contributed by atoms with Crippen molar-refractivity contribution < 1.29 is 14.3 Å². The Balaban J connectivity index is 1.65. The Hall–Kier alpha value is -2.73. The van der Waals surface area contributed by atoms with E-state index in [2.05, 4.69) is 16.0 Å². The number of carbonyl (C=O) groups is 2. The van der Waals surface area contributed by atoms with Gasteiger partial charge in [0, 0.05) is 5.69 Å². The number of carbonyl (C=O) groups excluding carboxylic acids is 2. The summed E-state index contributed by atoms with van der Waals surface area (Å²) in [6, 6.07) is 11.7. The van der Waals surface area contributed by atoms with Gasteiger partial charge in [0.1, 0.15) is 11.8 Å². The van der Waals surface area contributed by atoms with Gasteiger partial charge in [0.25, 0.3) is 0 Å². The predicted molar refractivity (Wildman–Crippen MR) is 93.7 cm³/mol. The number of para-hydroxylation sites is 2. The molecule has 6 nitrogen and oxygen atoms in total. The second-order valence-electron chi connectivity index (χ2n) is 5.33. The number of rotatable bonds is 4. The number of hydrogen-bond acceptors (Lipinski definition) is 4. The first kappa shape index (κ1) is 16.1. The first-order valence-corrected chi connectivity index (χ1v) is 7.74. The molecule has 0 saturated heterocycles. The smallest absolute Gasteiger partial charge is 0.247 e. The number of amides is 2. The van der Waals surface area contributed by atoms with Crippen molar-refractivity contribution in [2.75, 3.05) is 23.1 Å². The Morgan fingerprint density at radius 3 is 2.71 bits per heavy atom. The zero-order valence-corrected chi connectivity index (χ0v) is 13.7. The van der Waals surface area contributed by atoms with Gasteiger partial charge in [-0.2, -0.15) is 0 Å². The first-order valence-electron chi connectivity index (χ1n) is 7.36. The van der Waals surface area contributed by atoms with Crippen LogP contribution >= 0.6 is 11.6 Å². The fraction of sp³-hybridized carbons (Fsp3) is 0.176. The van der Waals surface area contributed by atoms with Crippen LogP contribution in [0.5, 0.6) is 5.75 Å². The predicted octanol–water partition coefficient (Wildman–Crippen LogP) is 3.11. The highest BCUT2D eigenvalue weighted by Gasteiger charge is 2.27. The number of benzene rings is 2. The van der Waals surface area contributed by atoms with Gasteiger partial charge in [-0.1, -0.05) is 23.7 Å². The molecule has 1 aliphatic rings. The van der Waals surface area contributed by atoms with Gasteiger partial charge in [-0.15, -0.1) is 0 Å². The summed E-state index contributed by atoms with van der Waals surface area (Å²) in [6.45, 7) is 0. The van der Waals surface area contributed by atoms with Gasteiger partial charge in [-0.25, -0.2) is 0 Å². The number of methoxy groups -OCH3 is 1. The van der Waals surface area contributed by atoms with E-state index in [1.807, 2.05) is 18.2 Å². The van der Waals surface area contributed by atoms with Crippen LogP contribution in [-0.2, 0) is 9.59 Å². The van der Waals surface area contributed by atoms with Gasteiger partial charge in [-0.3, -0.25) is 9.59 Å². The lowest BCUT2D eigenvalue weighted by Gasteiger charge is -2.26. The van der Waals surface area contributed by atoms with Crippen LogP contribution in [-0.4, -0.2) is 25.0 Å². The summed E-state index contributed by atoms with van der Waals surface area (Å²) >= 11 is 6.03. The first-order chi connectivity index (χ1) is 11.6. The molecule has 2 amide bonds. The van der Waals surface area contributed by atoms with Crippen LogP contribution in [0, 0.1) is 0 Å². The van der Waals surface area contributed by atoms with Crippen molar-refractivity contribution in [3.63, 3.8) is 0 Å². The molecule has 0 aliphatic carbocycles. The second-order valence-corrected chi connectivity index (χ2v) is 5.74. The summed E-state index contributed by atoms with van der Waals surface area (Å²) in [7, 11) is 1.52. The highest BCUT2D eigenvalue weighted by atomic mass is 35.5. The van der Waals surface area contributed by atoms with Crippen molar-refractivity contribution in [1.29, 1.82) is 0 Å². The van der Waals surface area contributed by atoms with Crippen LogP contribution in [0.15, 0.2) is 42.5 Å². The molecule has 1 aliphatic heterocycles. The van der Waals surface area contributed by atoms with Crippen molar-refractivity contribution in [1.82, 2.24) is 0 Å². The molecule has 0 radical (unpaired) electrons. The molecule has 3 rings (SSSR count). The van der Waals surface area contributed by atoms with Crippen molar-refractivity contribution >= 4 is 40.5 Å². The summed E-state index contributed by atoms with van der Waals surface area (Å²) in [6.07, 6.45) is 0.00379. The average Bonchev–Trinajstić information content (AvgIpc) is 2.55. The monoisotopic (exact) mass is 345 g/mol. The Bertz CT molecular complexity index is 794. The van der Waals surface area contributed by atoms with Gasteiger partial charge in [0.05, 0.1) is 29.9 Å². The molecule has 24 heavy (non-hydrogen) atoms. The lowest BCUT2D eigenvalue weighted by atomic mass is 10.1. The zero-order valence-electron chi connectivity index (χ0n) is 12.9. The molecule has 2 aromatic carbocycles. The van der Waals surface area contributed by atoms with Crippen LogP contribution in [0.25, 0.3) is 0 Å². The van der Waals surface area contributed by atoms with E-state index >= 15 is 0 Å².